The van der Waals surface area contributed by atoms with Gasteiger partial charge in [-0.05, 0) is 24.6 Å². The third-order valence-corrected chi connectivity index (χ3v) is 4.94. The van der Waals surface area contributed by atoms with E-state index in [4.69, 9.17) is 4.42 Å². The molecule has 2 N–H and O–H groups in total. The molecule has 2 rings (SSSR count). The molecule has 0 saturated carbocycles. The summed E-state index contributed by atoms with van der Waals surface area (Å²) >= 11 is 0. The first kappa shape index (κ1) is 21.0. The fraction of sp³-hybridized carbons (Fsp3) is 0.474. The Balaban J connectivity index is 2.00. The molecule has 0 aliphatic heterocycles. The molecule has 1 aromatic heterocycles. The zero-order valence-corrected chi connectivity index (χ0v) is 17.4. The number of nitrogens with zero attached hydrogens (tertiary/aromatic N) is 2. The lowest BCUT2D eigenvalue weighted by atomic mass is 9.94. The molecular formula is C19H28N4O3S. The molecule has 0 radical (unpaired) electrons. The molecule has 8 heteroatoms. The monoisotopic (exact) mass is 392 g/mol. The Labute approximate surface area is 161 Å². The topological polar surface area (TPSA) is 96.6 Å². The van der Waals surface area contributed by atoms with Gasteiger partial charge in [-0.15, -0.1) is 0 Å². The van der Waals surface area contributed by atoms with E-state index in [1.165, 1.54) is 6.26 Å². The molecular weight excluding hydrogens is 364 g/mol. The highest BCUT2D eigenvalue weighted by Crippen LogP contribution is 2.22. The molecule has 0 amide bonds. The molecule has 0 bridgehead atoms. The summed E-state index contributed by atoms with van der Waals surface area (Å²) in [4.78, 5) is 9.12. The second-order valence-corrected chi connectivity index (χ2v) is 9.35. The molecule has 0 atom stereocenters. The summed E-state index contributed by atoms with van der Waals surface area (Å²) in [6.07, 6.45) is 2.95. The summed E-state index contributed by atoms with van der Waals surface area (Å²) in [7, 11) is -3.19. The minimum atomic E-state index is -3.19. The van der Waals surface area contributed by atoms with Crippen LogP contribution in [0.3, 0.4) is 0 Å². The zero-order valence-electron chi connectivity index (χ0n) is 16.5. The van der Waals surface area contributed by atoms with Crippen LogP contribution < -0.4 is 10.6 Å². The summed E-state index contributed by atoms with van der Waals surface area (Å²) < 4.78 is 28.8. The van der Waals surface area contributed by atoms with Crippen molar-refractivity contribution < 1.29 is 12.8 Å². The minimum Gasteiger partial charge on any atom is -0.443 e. The predicted molar refractivity (Wildman–Crippen MR) is 106 cm³/mol. The highest BCUT2D eigenvalue weighted by atomic mass is 32.2. The first-order chi connectivity index (χ1) is 12.6. The van der Waals surface area contributed by atoms with E-state index in [1.807, 2.05) is 6.92 Å². The number of nitrogens with one attached hydrogen (secondary N) is 2. The largest absolute Gasteiger partial charge is 0.443 e. The van der Waals surface area contributed by atoms with Gasteiger partial charge in [0.1, 0.15) is 5.76 Å². The number of aromatic nitrogens is 1. The van der Waals surface area contributed by atoms with Crippen LogP contribution in [0.2, 0.25) is 0 Å². The normalized spacial score (nSPS) is 12.9. The fourth-order valence-corrected chi connectivity index (χ4v) is 2.88. The van der Waals surface area contributed by atoms with Gasteiger partial charge in [0.25, 0.3) is 0 Å². The Bertz CT molecular complexity index is 878. The molecule has 7 nitrogen and oxygen atoms in total. The van der Waals surface area contributed by atoms with Gasteiger partial charge in [-0.2, -0.15) is 0 Å². The quantitative estimate of drug-likeness (QED) is 0.579. The van der Waals surface area contributed by atoms with Crippen LogP contribution in [0.25, 0.3) is 0 Å². The fourth-order valence-electron chi connectivity index (χ4n) is 2.25. The molecule has 0 spiro atoms. The Kier molecular flexibility index (Phi) is 6.64. The molecule has 0 saturated heterocycles. The molecule has 1 aromatic carbocycles. The van der Waals surface area contributed by atoms with E-state index in [2.05, 4.69) is 41.4 Å². The van der Waals surface area contributed by atoms with Crippen LogP contribution in [0.15, 0.2) is 44.8 Å². The molecule has 2 aromatic rings. The van der Waals surface area contributed by atoms with Gasteiger partial charge < -0.3 is 15.1 Å². The number of rotatable bonds is 6. The van der Waals surface area contributed by atoms with Gasteiger partial charge in [0.05, 0.1) is 24.2 Å². The van der Waals surface area contributed by atoms with Crippen molar-refractivity contribution in [3.05, 3.63) is 47.7 Å². The molecule has 148 valence electrons. The Morgan fingerprint density at radius 3 is 2.37 bits per heavy atom. The molecule has 0 unspecified atom stereocenters. The average molecular weight is 393 g/mol. The highest BCUT2D eigenvalue weighted by molar-refractivity contribution is 7.90. The highest BCUT2D eigenvalue weighted by Gasteiger charge is 2.19. The second-order valence-electron chi connectivity index (χ2n) is 7.33. The maximum atomic E-state index is 11.5. The smallest absolute Gasteiger partial charge is 0.213 e. The molecule has 0 aliphatic rings. The maximum Gasteiger partial charge on any atom is 0.213 e. The summed E-state index contributed by atoms with van der Waals surface area (Å²) in [5.74, 6) is 2.08. The van der Waals surface area contributed by atoms with E-state index in [9.17, 15) is 8.42 Å². The Morgan fingerprint density at radius 1 is 1.19 bits per heavy atom. The summed E-state index contributed by atoms with van der Waals surface area (Å²) in [5, 5.41) is 6.36. The predicted octanol–water partition coefficient (Wildman–Crippen LogP) is 2.63. The summed E-state index contributed by atoms with van der Waals surface area (Å²) in [5.41, 5.74) is 0.841. The molecule has 27 heavy (non-hydrogen) atoms. The first-order valence-electron chi connectivity index (χ1n) is 8.86. The van der Waals surface area contributed by atoms with Crippen molar-refractivity contribution in [2.24, 2.45) is 4.99 Å². The van der Waals surface area contributed by atoms with E-state index in [0.29, 0.717) is 29.8 Å². The van der Waals surface area contributed by atoms with Crippen molar-refractivity contribution in [1.29, 1.82) is 0 Å². The number of hydrogen-bond donors (Lipinski definition) is 2. The lowest BCUT2D eigenvalue weighted by Gasteiger charge is -2.13. The van der Waals surface area contributed by atoms with Gasteiger partial charge >= 0.3 is 0 Å². The third kappa shape index (κ3) is 6.39. The number of guanidine groups is 1. The van der Waals surface area contributed by atoms with Crippen molar-refractivity contribution >= 4 is 15.8 Å². The summed E-state index contributed by atoms with van der Waals surface area (Å²) in [6, 6.07) is 6.74. The van der Waals surface area contributed by atoms with E-state index in [1.54, 1.807) is 30.5 Å². The minimum absolute atomic E-state index is 0.0814. The van der Waals surface area contributed by atoms with Crippen LogP contribution in [-0.4, -0.2) is 32.2 Å². The van der Waals surface area contributed by atoms with Crippen molar-refractivity contribution in [2.45, 2.75) is 51.1 Å². The van der Waals surface area contributed by atoms with Gasteiger partial charge in [-0.3, -0.25) is 0 Å². The van der Waals surface area contributed by atoms with E-state index in [-0.39, 0.29) is 5.41 Å². The van der Waals surface area contributed by atoms with Crippen LogP contribution in [0, 0.1) is 0 Å². The zero-order chi connectivity index (χ0) is 20.1. The van der Waals surface area contributed by atoms with Gasteiger partial charge in [-0.25, -0.2) is 18.4 Å². The van der Waals surface area contributed by atoms with Crippen molar-refractivity contribution in [3.8, 4) is 0 Å². The van der Waals surface area contributed by atoms with E-state index < -0.39 is 9.84 Å². The van der Waals surface area contributed by atoms with Crippen molar-refractivity contribution in [3.63, 3.8) is 0 Å². The average Bonchev–Trinajstić information content (AvgIpc) is 3.06. The third-order valence-electron chi connectivity index (χ3n) is 3.82. The van der Waals surface area contributed by atoms with Gasteiger partial charge in [0.2, 0.25) is 5.89 Å². The van der Waals surface area contributed by atoms with Crippen molar-refractivity contribution in [1.82, 2.24) is 15.6 Å². The van der Waals surface area contributed by atoms with Gasteiger partial charge in [-0.1, -0.05) is 32.9 Å². The van der Waals surface area contributed by atoms with E-state index >= 15 is 0 Å². The molecule has 0 fully saturated rings. The van der Waals surface area contributed by atoms with Crippen LogP contribution in [0.5, 0.6) is 0 Å². The second kappa shape index (κ2) is 8.56. The first-order valence-corrected chi connectivity index (χ1v) is 10.7. The molecule has 1 heterocycles. The Hall–Kier alpha value is -2.35. The SMILES string of the molecule is CCNC(=NCc1ccc(S(C)(=O)=O)cc1)NCc1ncc(C(C)(C)C)o1. The van der Waals surface area contributed by atoms with Crippen LogP contribution in [0.1, 0.15) is 44.9 Å². The number of oxazole rings is 1. The number of benzene rings is 1. The number of aliphatic imine (C=N–C) groups is 1. The summed E-state index contributed by atoms with van der Waals surface area (Å²) in [6.45, 7) is 9.79. The van der Waals surface area contributed by atoms with Crippen LogP contribution >= 0.6 is 0 Å². The van der Waals surface area contributed by atoms with Crippen molar-refractivity contribution in [2.75, 3.05) is 12.8 Å². The standard InChI is InChI=1S/C19H28N4O3S/c1-6-20-18(23-13-17-21-12-16(26-17)19(2,3)4)22-11-14-7-9-15(10-8-14)27(5,24)25/h7-10,12H,6,11,13H2,1-5H3,(H2,20,22,23). The lowest BCUT2D eigenvalue weighted by molar-refractivity contribution is 0.379. The van der Waals surface area contributed by atoms with Crippen LogP contribution in [-0.2, 0) is 28.3 Å². The lowest BCUT2D eigenvalue weighted by Crippen LogP contribution is -2.36. The van der Waals surface area contributed by atoms with E-state index in [0.717, 1.165) is 17.9 Å². The van der Waals surface area contributed by atoms with Gasteiger partial charge in [0, 0.05) is 18.2 Å². The van der Waals surface area contributed by atoms with Gasteiger partial charge in [0.15, 0.2) is 15.8 Å². The Morgan fingerprint density at radius 2 is 1.85 bits per heavy atom. The number of hydrogen-bond acceptors (Lipinski definition) is 5. The molecule has 0 aliphatic carbocycles. The maximum absolute atomic E-state index is 11.5. The number of sulfone groups is 1. The van der Waals surface area contributed by atoms with Crippen LogP contribution in [0.4, 0.5) is 0 Å².